The molecule has 2 aromatic rings. The predicted molar refractivity (Wildman–Crippen MR) is 81.5 cm³/mol. The van der Waals surface area contributed by atoms with E-state index in [0.717, 1.165) is 18.5 Å². The van der Waals surface area contributed by atoms with Crippen LogP contribution in [0.15, 0.2) is 65.7 Å². The maximum atomic E-state index is 5.97. The Morgan fingerprint density at radius 1 is 1.00 bits per heavy atom. The van der Waals surface area contributed by atoms with Crippen LogP contribution in [0.4, 0.5) is 0 Å². The SMILES string of the molecule is CC(CCN=C(N)c1ccccc1)c1ccccc1. The fourth-order valence-corrected chi connectivity index (χ4v) is 2.03. The van der Waals surface area contributed by atoms with E-state index in [9.17, 15) is 0 Å². The average Bonchev–Trinajstić information content (AvgIpc) is 2.49. The molecule has 1 atom stereocenters. The summed E-state index contributed by atoms with van der Waals surface area (Å²) in [7, 11) is 0. The summed E-state index contributed by atoms with van der Waals surface area (Å²) in [6.07, 6.45) is 1.01. The van der Waals surface area contributed by atoms with Gasteiger partial charge in [-0.15, -0.1) is 0 Å². The molecule has 0 bridgehead atoms. The minimum absolute atomic E-state index is 0.508. The molecular weight excluding hydrogens is 232 g/mol. The van der Waals surface area contributed by atoms with E-state index in [0.29, 0.717) is 11.8 Å². The first kappa shape index (κ1) is 13.3. The largest absolute Gasteiger partial charge is 0.384 e. The van der Waals surface area contributed by atoms with Crippen LogP contribution in [-0.2, 0) is 0 Å². The molecule has 0 amide bonds. The number of hydrogen-bond donors (Lipinski definition) is 1. The molecule has 98 valence electrons. The molecule has 0 radical (unpaired) electrons. The van der Waals surface area contributed by atoms with E-state index in [-0.39, 0.29) is 0 Å². The highest BCUT2D eigenvalue weighted by Crippen LogP contribution is 2.18. The number of hydrogen-bond acceptors (Lipinski definition) is 1. The topological polar surface area (TPSA) is 38.4 Å². The smallest absolute Gasteiger partial charge is 0.125 e. The number of nitrogens with two attached hydrogens (primary N) is 1. The van der Waals surface area contributed by atoms with E-state index in [1.165, 1.54) is 5.56 Å². The van der Waals surface area contributed by atoms with Crippen molar-refractivity contribution in [3.63, 3.8) is 0 Å². The molecule has 0 aliphatic rings. The number of aliphatic imine (C=N–C) groups is 1. The van der Waals surface area contributed by atoms with Crippen molar-refractivity contribution in [1.29, 1.82) is 0 Å². The van der Waals surface area contributed by atoms with Crippen molar-refractivity contribution in [1.82, 2.24) is 0 Å². The van der Waals surface area contributed by atoms with Gasteiger partial charge in [0.05, 0.1) is 0 Å². The minimum atomic E-state index is 0.508. The third kappa shape index (κ3) is 3.95. The van der Waals surface area contributed by atoms with Crippen LogP contribution in [0.2, 0.25) is 0 Å². The lowest BCUT2D eigenvalue weighted by atomic mass is 9.98. The van der Waals surface area contributed by atoms with Crippen LogP contribution >= 0.6 is 0 Å². The Kier molecular flexibility index (Phi) is 4.73. The number of nitrogens with zero attached hydrogens (tertiary/aromatic N) is 1. The van der Waals surface area contributed by atoms with E-state index in [1.807, 2.05) is 36.4 Å². The van der Waals surface area contributed by atoms with Gasteiger partial charge < -0.3 is 5.73 Å². The maximum Gasteiger partial charge on any atom is 0.125 e. The third-order valence-corrected chi connectivity index (χ3v) is 3.28. The van der Waals surface area contributed by atoms with Gasteiger partial charge >= 0.3 is 0 Å². The summed E-state index contributed by atoms with van der Waals surface area (Å²) in [6, 6.07) is 20.4. The fourth-order valence-electron chi connectivity index (χ4n) is 2.03. The van der Waals surface area contributed by atoms with Crippen LogP contribution in [0.5, 0.6) is 0 Å². The Balaban J connectivity index is 1.90. The van der Waals surface area contributed by atoms with Crippen LogP contribution in [0.3, 0.4) is 0 Å². The van der Waals surface area contributed by atoms with Gasteiger partial charge in [0.1, 0.15) is 5.84 Å². The molecule has 0 aliphatic heterocycles. The highest BCUT2D eigenvalue weighted by Gasteiger charge is 2.04. The zero-order chi connectivity index (χ0) is 13.5. The van der Waals surface area contributed by atoms with Crippen LogP contribution < -0.4 is 5.73 Å². The van der Waals surface area contributed by atoms with Crippen molar-refractivity contribution in [2.75, 3.05) is 6.54 Å². The third-order valence-electron chi connectivity index (χ3n) is 3.28. The van der Waals surface area contributed by atoms with Gasteiger partial charge in [0.25, 0.3) is 0 Å². The highest BCUT2D eigenvalue weighted by atomic mass is 14.8. The summed E-state index contributed by atoms with van der Waals surface area (Å²) in [6.45, 7) is 2.99. The van der Waals surface area contributed by atoms with Crippen LogP contribution in [-0.4, -0.2) is 12.4 Å². The van der Waals surface area contributed by atoms with Crippen LogP contribution in [0.25, 0.3) is 0 Å². The molecular formula is C17H20N2. The lowest BCUT2D eigenvalue weighted by molar-refractivity contribution is 0.691. The van der Waals surface area contributed by atoms with E-state index in [2.05, 4.69) is 36.2 Å². The molecule has 1 unspecified atom stereocenters. The second kappa shape index (κ2) is 6.74. The molecule has 2 rings (SSSR count). The average molecular weight is 252 g/mol. The monoisotopic (exact) mass is 252 g/mol. The molecule has 2 heteroatoms. The molecule has 2 aromatic carbocycles. The summed E-state index contributed by atoms with van der Waals surface area (Å²) in [5.74, 6) is 1.13. The number of rotatable bonds is 5. The van der Waals surface area contributed by atoms with E-state index in [4.69, 9.17) is 5.73 Å². The van der Waals surface area contributed by atoms with Crippen molar-refractivity contribution < 1.29 is 0 Å². The van der Waals surface area contributed by atoms with Gasteiger partial charge in [-0.3, -0.25) is 4.99 Å². The summed E-state index contributed by atoms with van der Waals surface area (Å²) in [5.41, 5.74) is 8.32. The van der Waals surface area contributed by atoms with Gasteiger partial charge in [-0.2, -0.15) is 0 Å². The van der Waals surface area contributed by atoms with Gasteiger partial charge in [0.15, 0.2) is 0 Å². The molecule has 2 N–H and O–H groups in total. The number of amidine groups is 1. The Morgan fingerprint density at radius 3 is 2.21 bits per heavy atom. The summed E-state index contributed by atoms with van der Waals surface area (Å²) < 4.78 is 0. The van der Waals surface area contributed by atoms with Crippen molar-refractivity contribution in [2.24, 2.45) is 10.7 Å². The van der Waals surface area contributed by atoms with Crippen molar-refractivity contribution >= 4 is 5.84 Å². The lowest BCUT2D eigenvalue weighted by Gasteiger charge is -2.10. The molecule has 0 aliphatic carbocycles. The van der Waals surface area contributed by atoms with Crippen molar-refractivity contribution in [3.8, 4) is 0 Å². The quantitative estimate of drug-likeness (QED) is 0.641. The maximum absolute atomic E-state index is 5.97. The summed E-state index contributed by atoms with van der Waals surface area (Å²) in [5, 5.41) is 0. The van der Waals surface area contributed by atoms with Gasteiger partial charge in [-0.25, -0.2) is 0 Å². The van der Waals surface area contributed by atoms with Gasteiger partial charge in [0, 0.05) is 12.1 Å². The Hall–Kier alpha value is -2.09. The molecule has 2 nitrogen and oxygen atoms in total. The van der Waals surface area contributed by atoms with Crippen molar-refractivity contribution in [2.45, 2.75) is 19.3 Å². The first-order valence-corrected chi connectivity index (χ1v) is 6.67. The first-order valence-electron chi connectivity index (χ1n) is 6.67. The summed E-state index contributed by atoms with van der Waals surface area (Å²) in [4.78, 5) is 4.45. The molecule has 0 saturated heterocycles. The van der Waals surface area contributed by atoms with E-state index in [1.54, 1.807) is 0 Å². The fraction of sp³-hybridized carbons (Fsp3) is 0.235. The molecule has 0 aromatic heterocycles. The molecule has 0 saturated carbocycles. The molecule has 19 heavy (non-hydrogen) atoms. The molecule has 0 spiro atoms. The standard InChI is InChI=1S/C17H20N2/c1-14(15-8-4-2-5-9-15)12-13-19-17(18)16-10-6-3-7-11-16/h2-11,14H,12-13H2,1H3,(H2,18,19). The van der Waals surface area contributed by atoms with Crippen LogP contribution in [0, 0.1) is 0 Å². The zero-order valence-electron chi connectivity index (χ0n) is 11.3. The van der Waals surface area contributed by atoms with Gasteiger partial charge in [-0.1, -0.05) is 67.6 Å². The van der Waals surface area contributed by atoms with Gasteiger partial charge in [0.2, 0.25) is 0 Å². The molecule has 0 fully saturated rings. The van der Waals surface area contributed by atoms with Crippen LogP contribution in [0.1, 0.15) is 30.4 Å². The molecule has 0 heterocycles. The normalized spacial score (nSPS) is 13.2. The highest BCUT2D eigenvalue weighted by molar-refractivity contribution is 5.97. The van der Waals surface area contributed by atoms with Gasteiger partial charge in [-0.05, 0) is 17.9 Å². The summed E-state index contributed by atoms with van der Waals surface area (Å²) >= 11 is 0. The lowest BCUT2D eigenvalue weighted by Crippen LogP contribution is -2.14. The van der Waals surface area contributed by atoms with Crippen molar-refractivity contribution in [3.05, 3.63) is 71.8 Å². The zero-order valence-corrected chi connectivity index (χ0v) is 11.3. The second-order valence-electron chi connectivity index (χ2n) is 4.73. The predicted octanol–water partition coefficient (Wildman–Crippen LogP) is 3.59. The number of benzene rings is 2. The first-order chi connectivity index (χ1) is 9.27. The Bertz CT molecular complexity index is 517. The second-order valence-corrected chi connectivity index (χ2v) is 4.73. The van der Waals surface area contributed by atoms with E-state index < -0.39 is 0 Å². The minimum Gasteiger partial charge on any atom is -0.384 e. The Morgan fingerprint density at radius 2 is 1.58 bits per heavy atom. The van der Waals surface area contributed by atoms with E-state index >= 15 is 0 Å². The Labute approximate surface area is 115 Å².